The molecule has 0 saturated carbocycles. The number of hydrogen-bond acceptors (Lipinski definition) is 1. The van der Waals surface area contributed by atoms with Crippen molar-refractivity contribution >= 4 is 0 Å². The van der Waals surface area contributed by atoms with Gasteiger partial charge in [-0.2, -0.15) is 0 Å². The van der Waals surface area contributed by atoms with Crippen LogP contribution in [0.15, 0.2) is 0 Å². The van der Waals surface area contributed by atoms with Gasteiger partial charge in [-0.3, -0.25) is 0 Å². The van der Waals surface area contributed by atoms with E-state index in [4.69, 9.17) is 0 Å². The van der Waals surface area contributed by atoms with E-state index in [2.05, 4.69) is 123 Å². The summed E-state index contributed by atoms with van der Waals surface area (Å²) in [5.41, 5.74) is 0.985. The van der Waals surface area contributed by atoms with Crippen molar-refractivity contribution in [1.82, 2.24) is 4.90 Å². The Kier molecular flexibility index (Phi) is 7.32. The summed E-state index contributed by atoms with van der Waals surface area (Å²) in [6.07, 6.45) is 2.38. The van der Waals surface area contributed by atoms with Gasteiger partial charge in [-0.05, 0) is 60.4 Å². The van der Waals surface area contributed by atoms with Crippen molar-refractivity contribution in [2.75, 3.05) is 14.1 Å². The van der Waals surface area contributed by atoms with Crippen LogP contribution >= 0.6 is 0 Å². The molecule has 27 heavy (non-hydrogen) atoms. The molecule has 0 rings (SSSR count). The molecule has 0 heterocycles. The minimum absolute atomic E-state index is 0.0352. The SMILES string of the molecule is CCC(C)(C)C(C)(C)C(C)(C)C(C)(C(C)(C)N(C)C)C(C)(C)C(C)(C)CC. The van der Waals surface area contributed by atoms with Gasteiger partial charge in [0.2, 0.25) is 0 Å². The molecule has 0 aliphatic rings. The second-order valence-electron chi connectivity index (χ2n) is 12.9. The molecule has 1 nitrogen and oxygen atoms in total. The maximum atomic E-state index is 2.60. The van der Waals surface area contributed by atoms with E-state index in [-0.39, 0.29) is 38.0 Å². The third-order valence-corrected chi connectivity index (χ3v) is 11.6. The van der Waals surface area contributed by atoms with Crippen LogP contribution in [-0.4, -0.2) is 24.5 Å². The van der Waals surface area contributed by atoms with E-state index in [1.807, 2.05) is 0 Å². The van der Waals surface area contributed by atoms with Crippen LogP contribution in [0.25, 0.3) is 0 Å². The molecule has 164 valence electrons. The van der Waals surface area contributed by atoms with Gasteiger partial charge in [0.25, 0.3) is 0 Å². The quantitative estimate of drug-likeness (QED) is 0.388. The third-order valence-electron chi connectivity index (χ3n) is 11.6. The number of rotatable bonds is 9. The Morgan fingerprint density at radius 3 is 1.04 bits per heavy atom. The van der Waals surface area contributed by atoms with Crippen molar-refractivity contribution in [3.05, 3.63) is 0 Å². The summed E-state index contributed by atoms with van der Waals surface area (Å²) < 4.78 is 0. The Morgan fingerprint density at radius 2 is 0.778 bits per heavy atom. The molecule has 0 spiro atoms. The monoisotopic (exact) mass is 381 g/mol. The fourth-order valence-corrected chi connectivity index (χ4v) is 5.79. The van der Waals surface area contributed by atoms with Crippen LogP contribution < -0.4 is 0 Å². The summed E-state index contributed by atoms with van der Waals surface area (Å²) in [7, 11) is 4.53. The van der Waals surface area contributed by atoms with Crippen molar-refractivity contribution in [2.24, 2.45) is 32.5 Å². The van der Waals surface area contributed by atoms with Crippen LogP contribution in [0.1, 0.15) is 117 Å². The molecule has 0 aromatic carbocycles. The largest absolute Gasteiger partial charge is 0.304 e. The van der Waals surface area contributed by atoms with E-state index in [1.54, 1.807) is 0 Å². The third kappa shape index (κ3) is 3.43. The van der Waals surface area contributed by atoms with Crippen LogP contribution in [-0.2, 0) is 0 Å². The summed E-state index contributed by atoms with van der Waals surface area (Å²) in [6.45, 7) is 37.4. The lowest BCUT2D eigenvalue weighted by Crippen LogP contribution is -2.71. The molecule has 0 fully saturated rings. The maximum absolute atomic E-state index is 2.60. The van der Waals surface area contributed by atoms with Gasteiger partial charge in [-0.15, -0.1) is 0 Å². The molecule has 0 aromatic rings. The first-order chi connectivity index (χ1) is 11.6. The van der Waals surface area contributed by atoms with Gasteiger partial charge in [0.15, 0.2) is 0 Å². The molecular formula is C26H55N. The predicted octanol–water partition coefficient (Wildman–Crippen LogP) is 8.28. The molecule has 1 heteroatoms. The fraction of sp³-hybridized carbons (Fsp3) is 1.00. The number of hydrogen-bond donors (Lipinski definition) is 0. The van der Waals surface area contributed by atoms with E-state index in [9.17, 15) is 0 Å². The highest BCUT2D eigenvalue weighted by atomic mass is 15.2. The normalized spacial score (nSPS) is 18.0. The van der Waals surface area contributed by atoms with Gasteiger partial charge in [0, 0.05) is 5.54 Å². The molecule has 0 aliphatic heterocycles. The predicted molar refractivity (Wildman–Crippen MR) is 125 cm³/mol. The molecule has 1 atom stereocenters. The molecule has 0 radical (unpaired) electrons. The van der Waals surface area contributed by atoms with Crippen molar-refractivity contribution in [3.8, 4) is 0 Å². The zero-order valence-electron chi connectivity index (χ0n) is 22.4. The van der Waals surface area contributed by atoms with E-state index in [0.717, 1.165) is 0 Å². The second-order valence-corrected chi connectivity index (χ2v) is 12.9. The van der Waals surface area contributed by atoms with Gasteiger partial charge in [-0.25, -0.2) is 0 Å². The van der Waals surface area contributed by atoms with Crippen molar-refractivity contribution in [3.63, 3.8) is 0 Å². The highest BCUT2D eigenvalue weighted by Crippen LogP contribution is 2.71. The van der Waals surface area contributed by atoms with Crippen LogP contribution in [0, 0.1) is 32.5 Å². The molecular weight excluding hydrogens is 326 g/mol. The zero-order valence-corrected chi connectivity index (χ0v) is 22.4. The Hall–Kier alpha value is -0.0400. The lowest BCUT2D eigenvalue weighted by atomic mass is 9.34. The van der Waals surface area contributed by atoms with Gasteiger partial charge < -0.3 is 4.90 Å². The molecule has 0 bridgehead atoms. The van der Waals surface area contributed by atoms with E-state index >= 15 is 0 Å². The molecule has 1 unspecified atom stereocenters. The average Bonchev–Trinajstić information content (AvgIpc) is 2.52. The Labute approximate surface area is 174 Å². The first-order valence-electron chi connectivity index (χ1n) is 11.2. The summed E-state index contributed by atoms with van der Waals surface area (Å²) in [4.78, 5) is 2.47. The van der Waals surface area contributed by atoms with Gasteiger partial charge in [-0.1, -0.05) is 103 Å². The topological polar surface area (TPSA) is 3.24 Å². The first-order valence-corrected chi connectivity index (χ1v) is 11.2. The molecule has 0 N–H and O–H groups in total. The summed E-state index contributed by atoms with van der Waals surface area (Å²) in [5.74, 6) is 0. The minimum Gasteiger partial charge on any atom is -0.304 e. The molecule has 0 aromatic heterocycles. The van der Waals surface area contributed by atoms with Crippen LogP contribution in [0.5, 0.6) is 0 Å². The van der Waals surface area contributed by atoms with E-state index < -0.39 is 0 Å². The van der Waals surface area contributed by atoms with Crippen molar-refractivity contribution in [2.45, 2.75) is 122 Å². The number of nitrogens with zero attached hydrogens (tertiary/aromatic N) is 1. The molecule has 0 aliphatic carbocycles. The highest BCUT2D eigenvalue weighted by Gasteiger charge is 2.68. The Balaban J connectivity index is 7.21. The van der Waals surface area contributed by atoms with Crippen molar-refractivity contribution < 1.29 is 0 Å². The summed E-state index contributed by atoms with van der Waals surface area (Å²) in [5, 5.41) is 0. The van der Waals surface area contributed by atoms with Gasteiger partial charge >= 0.3 is 0 Å². The van der Waals surface area contributed by atoms with Crippen LogP contribution in [0.4, 0.5) is 0 Å². The van der Waals surface area contributed by atoms with Crippen molar-refractivity contribution in [1.29, 1.82) is 0 Å². The standard InChI is InChI=1S/C26H55N/c1-18-20(3,4)22(7,8)24(11,12)26(15,25(13,14)27(16)17)23(9,10)21(5,6)19-2/h18-19H2,1-17H3. The highest BCUT2D eigenvalue weighted by molar-refractivity contribution is 5.18. The van der Waals surface area contributed by atoms with Gasteiger partial charge in [0.05, 0.1) is 0 Å². The summed E-state index contributed by atoms with van der Waals surface area (Å²) >= 11 is 0. The summed E-state index contributed by atoms with van der Waals surface area (Å²) in [6, 6.07) is 0. The average molecular weight is 382 g/mol. The van der Waals surface area contributed by atoms with Crippen LogP contribution in [0.3, 0.4) is 0 Å². The molecule has 0 saturated heterocycles. The smallest absolute Gasteiger partial charge is 0.0211 e. The lowest BCUT2D eigenvalue weighted by molar-refractivity contribution is -0.234. The lowest BCUT2D eigenvalue weighted by Gasteiger charge is -2.72. The zero-order chi connectivity index (χ0) is 22.5. The van der Waals surface area contributed by atoms with Crippen LogP contribution in [0.2, 0.25) is 0 Å². The maximum Gasteiger partial charge on any atom is 0.0211 e. The second kappa shape index (κ2) is 7.33. The fourth-order valence-electron chi connectivity index (χ4n) is 5.79. The first kappa shape index (κ1) is 27.0. The Bertz CT molecular complexity index is 502. The minimum atomic E-state index is 0.0352. The van der Waals surface area contributed by atoms with E-state index in [1.165, 1.54) is 12.8 Å². The van der Waals surface area contributed by atoms with Gasteiger partial charge in [0.1, 0.15) is 0 Å². The van der Waals surface area contributed by atoms with E-state index in [0.29, 0.717) is 0 Å². The Morgan fingerprint density at radius 1 is 0.481 bits per heavy atom. The molecule has 0 amide bonds.